The summed E-state index contributed by atoms with van der Waals surface area (Å²) < 4.78 is 5.70. The van der Waals surface area contributed by atoms with Crippen molar-refractivity contribution in [2.45, 2.75) is 77.6 Å². The molecule has 0 saturated carbocycles. The molecule has 5 atom stereocenters. The van der Waals surface area contributed by atoms with Crippen LogP contribution in [-0.2, 0) is 14.3 Å². The molecule has 1 N–H and O–H groups in total. The number of hydrogen-bond donors (Lipinski definition) is 1. The quantitative estimate of drug-likeness (QED) is 0.547. The van der Waals surface area contributed by atoms with E-state index in [1.54, 1.807) is 6.92 Å². The highest BCUT2D eigenvalue weighted by Crippen LogP contribution is 2.53. The Bertz CT molecular complexity index is 657. The second-order valence-electron chi connectivity index (χ2n) is 8.44. The fourth-order valence-corrected chi connectivity index (χ4v) is 4.28. The third-order valence-electron chi connectivity index (χ3n) is 6.87. The van der Waals surface area contributed by atoms with Gasteiger partial charge < -0.3 is 9.84 Å². The largest absolute Gasteiger partial charge is 0.385 e. The highest BCUT2D eigenvalue weighted by Gasteiger charge is 2.62. The zero-order valence-electron chi connectivity index (χ0n) is 15.3. The number of carbonyl (C=O) groups excluding carboxylic acids is 2. The van der Waals surface area contributed by atoms with Crippen molar-refractivity contribution < 1.29 is 19.4 Å². The molecule has 0 spiro atoms. The van der Waals surface area contributed by atoms with Crippen LogP contribution in [0.5, 0.6) is 0 Å². The van der Waals surface area contributed by atoms with Gasteiger partial charge in [0.15, 0.2) is 11.6 Å². The summed E-state index contributed by atoms with van der Waals surface area (Å²) in [7, 11) is 0. The minimum Gasteiger partial charge on any atom is -0.385 e. The maximum Gasteiger partial charge on any atom is 0.193 e. The van der Waals surface area contributed by atoms with Crippen molar-refractivity contribution >= 4 is 11.6 Å². The average molecular weight is 332 g/mol. The highest BCUT2D eigenvalue weighted by atomic mass is 16.6. The van der Waals surface area contributed by atoms with Gasteiger partial charge in [-0.1, -0.05) is 25.5 Å². The van der Waals surface area contributed by atoms with Crippen LogP contribution in [0.3, 0.4) is 0 Å². The van der Waals surface area contributed by atoms with Crippen LogP contribution in [0, 0.1) is 11.3 Å². The van der Waals surface area contributed by atoms with Crippen LogP contribution in [0.15, 0.2) is 23.3 Å². The third-order valence-corrected chi connectivity index (χ3v) is 6.87. The van der Waals surface area contributed by atoms with Gasteiger partial charge >= 0.3 is 0 Å². The van der Waals surface area contributed by atoms with Gasteiger partial charge in [-0.3, -0.25) is 9.59 Å². The normalized spacial score (nSPS) is 48.4. The molecule has 2 bridgehead atoms. The standard InChI is InChI=1S/C20H28O4/c1-12-7-6-9-19(4)17(24-19)16(22)14-11-15(21)13(2)18(3,10-8-12)20(14,5)23/h7,11,13,17,23H,6,8-10H2,1-5H3/b12-7+/t13-,17-,18+,19-,20+/m1/s1. The maximum absolute atomic E-state index is 13.0. The minimum absolute atomic E-state index is 0.0755. The molecule has 2 aliphatic carbocycles. The van der Waals surface area contributed by atoms with E-state index in [1.165, 1.54) is 11.6 Å². The Hall–Kier alpha value is -1.26. The molecule has 0 unspecified atom stereocenters. The van der Waals surface area contributed by atoms with Gasteiger partial charge in [0.2, 0.25) is 0 Å². The van der Waals surface area contributed by atoms with Gasteiger partial charge in [0, 0.05) is 16.9 Å². The molecule has 1 aliphatic heterocycles. The lowest BCUT2D eigenvalue weighted by molar-refractivity contribution is -0.139. The molecule has 4 heteroatoms. The number of epoxide rings is 1. The molecular formula is C20H28O4. The van der Waals surface area contributed by atoms with Crippen LogP contribution in [0.4, 0.5) is 0 Å². The van der Waals surface area contributed by atoms with E-state index < -0.39 is 22.7 Å². The van der Waals surface area contributed by atoms with Crippen LogP contribution < -0.4 is 0 Å². The second kappa shape index (κ2) is 5.37. The number of ketones is 2. The van der Waals surface area contributed by atoms with Crippen LogP contribution in [0.1, 0.15) is 60.3 Å². The van der Waals surface area contributed by atoms with Crippen molar-refractivity contribution in [2.75, 3.05) is 0 Å². The molecule has 0 amide bonds. The Morgan fingerprint density at radius 1 is 1.21 bits per heavy atom. The van der Waals surface area contributed by atoms with Crippen molar-refractivity contribution in [1.29, 1.82) is 0 Å². The summed E-state index contributed by atoms with van der Waals surface area (Å²) in [6.07, 6.45) is 6.15. The number of Topliss-reactive ketones (excluding diaryl/α,β-unsaturated/α-hetero) is 1. The number of rotatable bonds is 0. The zero-order chi connectivity index (χ0) is 17.9. The number of ether oxygens (including phenoxy) is 1. The topological polar surface area (TPSA) is 66.9 Å². The summed E-state index contributed by atoms with van der Waals surface area (Å²) in [6.45, 7) is 9.50. The molecule has 3 rings (SSSR count). The molecule has 0 radical (unpaired) electrons. The summed E-state index contributed by atoms with van der Waals surface area (Å²) in [5.74, 6) is -0.630. The minimum atomic E-state index is -1.34. The first kappa shape index (κ1) is 17.6. The third kappa shape index (κ3) is 2.42. The average Bonchev–Trinajstić information content (AvgIpc) is 3.18. The molecule has 1 saturated heterocycles. The maximum atomic E-state index is 13.0. The fraction of sp³-hybridized carbons (Fsp3) is 0.700. The Morgan fingerprint density at radius 3 is 2.54 bits per heavy atom. The first-order valence-corrected chi connectivity index (χ1v) is 8.89. The molecule has 0 aromatic heterocycles. The van der Waals surface area contributed by atoms with E-state index in [0.717, 1.165) is 19.3 Å². The molecule has 3 aliphatic rings. The van der Waals surface area contributed by atoms with Crippen LogP contribution in [0.2, 0.25) is 0 Å². The first-order chi connectivity index (χ1) is 11.0. The number of carbonyl (C=O) groups is 2. The van der Waals surface area contributed by atoms with Gasteiger partial charge in [-0.2, -0.15) is 0 Å². The Morgan fingerprint density at radius 2 is 1.88 bits per heavy atom. The molecule has 0 aromatic rings. The van der Waals surface area contributed by atoms with E-state index in [9.17, 15) is 14.7 Å². The van der Waals surface area contributed by atoms with Crippen molar-refractivity contribution in [3.63, 3.8) is 0 Å². The molecule has 4 nitrogen and oxygen atoms in total. The highest BCUT2D eigenvalue weighted by molar-refractivity contribution is 6.10. The van der Waals surface area contributed by atoms with Gasteiger partial charge in [-0.15, -0.1) is 0 Å². The molecular weight excluding hydrogens is 304 g/mol. The Kier molecular flexibility index (Phi) is 3.93. The van der Waals surface area contributed by atoms with E-state index in [-0.39, 0.29) is 23.1 Å². The van der Waals surface area contributed by atoms with Crippen molar-refractivity contribution in [3.8, 4) is 0 Å². The van der Waals surface area contributed by atoms with Gasteiger partial charge in [-0.05, 0) is 52.5 Å². The van der Waals surface area contributed by atoms with Crippen molar-refractivity contribution in [2.24, 2.45) is 11.3 Å². The van der Waals surface area contributed by atoms with Gasteiger partial charge in [0.25, 0.3) is 0 Å². The molecule has 0 aromatic carbocycles. The van der Waals surface area contributed by atoms with E-state index in [4.69, 9.17) is 4.74 Å². The van der Waals surface area contributed by atoms with E-state index in [0.29, 0.717) is 6.42 Å². The summed E-state index contributed by atoms with van der Waals surface area (Å²) in [6, 6.07) is 0. The Labute approximate surface area is 144 Å². The second-order valence-corrected chi connectivity index (χ2v) is 8.44. The van der Waals surface area contributed by atoms with Crippen LogP contribution >= 0.6 is 0 Å². The summed E-state index contributed by atoms with van der Waals surface area (Å²) in [5.41, 5.74) is -1.01. The number of allylic oxidation sites excluding steroid dienone is 3. The fourth-order valence-electron chi connectivity index (χ4n) is 4.28. The van der Waals surface area contributed by atoms with Crippen LogP contribution in [0.25, 0.3) is 0 Å². The lowest BCUT2D eigenvalue weighted by Crippen LogP contribution is -2.56. The van der Waals surface area contributed by atoms with Gasteiger partial charge in [0.05, 0.1) is 5.60 Å². The predicted octanol–water partition coefficient (Wildman–Crippen LogP) is 3.14. The molecule has 24 heavy (non-hydrogen) atoms. The van der Waals surface area contributed by atoms with Crippen LogP contribution in [-0.4, -0.2) is 34.0 Å². The predicted molar refractivity (Wildman–Crippen MR) is 91.5 cm³/mol. The van der Waals surface area contributed by atoms with Crippen molar-refractivity contribution in [3.05, 3.63) is 23.3 Å². The van der Waals surface area contributed by atoms with Gasteiger partial charge in [-0.25, -0.2) is 0 Å². The summed E-state index contributed by atoms with van der Waals surface area (Å²) >= 11 is 0. The SMILES string of the molecule is C/C1=C\CC[C@@]2(C)O[C@@H]2C(=O)C2=CC(=O)[C@@H](C)[C@](C)(CC1)[C@@]2(C)O. The smallest absolute Gasteiger partial charge is 0.193 e. The monoisotopic (exact) mass is 332 g/mol. The summed E-state index contributed by atoms with van der Waals surface area (Å²) in [4.78, 5) is 25.5. The summed E-state index contributed by atoms with van der Waals surface area (Å²) in [5, 5.41) is 11.3. The number of fused-ring (bicyclic) bond motifs is 3. The molecule has 1 heterocycles. The Balaban J connectivity index is 2.10. The number of hydrogen-bond acceptors (Lipinski definition) is 4. The van der Waals surface area contributed by atoms with E-state index in [2.05, 4.69) is 13.0 Å². The van der Waals surface area contributed by atoms with Crippen molar-refractivity contribution in [1.82, 2.24) is 0 Å². The lowest BCUT2D eigenvalue weighted by Gasteiger charge is -2.50. The van der Waals surface area contributed by atoms with E-state index in [1.807, 2.05) is 20.8 Å². The van der Waals surface area contributed by atoms with E-state index >= 15 is 0 Å². The van der Waals surface area contributed by atoms with Gasteiger partial charge in [0.1, 0.15) is 11.7 Å². The first-order valence-electron chi connectivity index (χ1n) is 8.89. The lowest BCUT2D eigenvalue weighted by atomic mass is 9.56. The zero-order valence-corrected chi connectivity index (χ0v) is 15.3. The molecule has 132 valence electrons. The number of aliphatic hydroxyl groups is 1. The molecule has 1 fully saturated rings.